The Hall–Kier alpha value is -2.66. The fraction of sp³-hybridized carbons (Fsp3) is 0.217. The fourth-order valence-electron chi connectivity index (χ4n) is 2.81. The van der Waals surface area contributed by atoms with Crippen molar-refractivity contribution < 1.29 is 14.2 Å². The molecule has 3 rings (SSSR count). The highest BCUT2D eigenvalue weighted by Crippen LogP contribution is 2.37. The van der Waals surface area contributed by atoms with Gasteiger partial charge in [-0.05, 0) is 48.9 Å². The zero-order valence-electron chi connectivity index (χ0n) is 16.3. The van der Waals surface area contributed by atoms with E-state index in [4.69, 9.17) is 14.2 Å². The van der Waals surface area contributed by atoms with E-state index >= 15 is 0 Å². The van der Waals surface area contributed by atoms with Gasteiger partial charge in [0.05, 0.1) is 14.2 Å². The smallest absolute Gasteiger partial charge is 0.167 e. The van der Waals surface area contributed by atoms with Gasteiger partial charge in [0.2, 0.25) is 0 Å². The van der Waals surface area contributed by atoms with E-state index < -0.39 is 0 Å². The van der Waals surface area contributed by atoms with Gasteiger partial charge >= 0.3 is 0 Å². The second kappa shape index (κ2) is 9.51. The molecule has 28 heavy (non-hydrogen) atoms. The van der Waals surface area contributed by atoms with Crippen molar-refractivity contribution in [2.24, 2.45) is 0 Å². The monoisotopic (exact) mass is 441 g/mol. The third-order valence-electron chi connectivity index (χ3n) is 4.45. The van der Waals surface area contributed by atoms with Crippen LogP contribution in [-0.2, 0) is 13.2 Å². The van der Waals surface area contributed by atoms with Gasteiger partial charge in [0.15, 0.2) is 11.5 Å². The highest BCUT2D eigenvalue weighted by molar-refractivity contribution is 9.10. The quantitative estimate of drug-likeness (QED) is 0.467. The van der Waals surface area contributed by atoms with Crippen LogP contribution in [-0.4, -0.2) is 14.2 Å². The molecule has 1 N–H and O–H groups in total. The molecule has 0 radical (unpaired) electrons. The van der Waals surface area contributed by atoms with Crippen LogP contribution in [0.5, 0.6) is 17.2 Å². The first-order valence-electron chi connectivity index (χ1n) is 9.02. The number of anilines is 1. The minimum absolute atomic E-state index is 0.475. The van der Waals surface area contributed by atoms with Crippen molar-refractivity contribution in [3.05, 3.63) is 81.8 Å². The number of hydrogen-bond acceptors (Lipinski definition) is 4. The van der Waals surface area contributed by atoms with Crippen molar-refractivity contribution in [2.75, 3.05) is 19.5 Å². The lowest BCUT2D eigenvalue weighted by Crippen LogP contribution is -2.06. The van der Waals surface area contributed by atoms with Gasteiger partial charge in [0.25, 0.3) is 0 Å². The second-order valence-electron chi connectivity index (χ2n) is 6.41. The van der Waals surface area contributed by atoms with Crippen LogP contribution >= 0.6 is 15.9 Å². The van der Waals surface area contributed by atoms with Crippen LogP contribution in [0.2, 0.25) is 0 Å². The van der Waals surface area contributed by atoms with E-state index in [-0.39, 0.29) is 0 Å². The third kappa shape index (κ3) is 4.98. The van der Waals surface area contributed by atoms with Crippen molar-refractivity contribution in [1.29, 1.82) is 0 Å². The molecule has 0 aliphatic rings. The minimum Gasteiger partial charge on any atom is -0.497 e. The van der Waals surface area contributed by atoms with Gasteiger partial charge in [0.1, 0.15) is 12.4 Å². The molecule has 146 valence electrons. The van der Waals surface area contributed by atoms with E-state index in [0.29, 0.717) is 18.9 Å². The molecule has 0 fully saturated rings. The molecule has 0 bridgehead atoms. The number of halogens is 1. The SMILES string of the molecule is COc1ccc(NCc2c(Br)ccc(OC)c2OCc2ccc(C)cc2)cc1. The summed E-state index contributed by atoms with van der Waals surface area (Å²) in [5.41, 5.74) is 4.34. The van der Waals surface area contributed by atoms with Crippen molar-refractivity contribution in [3.63, 3.8) is 0 Å². The Labute approximate surface area is 174 Å². The first kappa shape index (κ1) is 20.1. The van der Waals surface area contributed by atoms with Crippen molar-refractivity contribution >= 4 is 21.6 Å². The Morgan fingerprint density at radius 1 is 0.857 bits per heavy atom. The lowest BCUT2D eigenvalue weighted by Gasteiger charge is -2.18. The molecule has 4 nitrogen and oxygen atoms in total. The van der Waals surface area contributed by atoms with Crippen LogP contribution in [0, 0.1) is 6.92 Å². The first-order chi connectivity index (χ1) is 13.6. The molecular weight excluding hydrogens is 418 g/mol. The Morgan fingerprint density at radius 3 is 2.21 bits per heavy atom. The minimum atomic E-state index is 0.475. The van der Waals surface area contributed by atoms with E-state index in [1.165, 1.54) is 5.56 Å². The number of hydrogen-bond donors (Lipinski definition) is 1. The molecule has 0 amide bonds. The molecule has 0 aliphatic carbocycles. The standard InChI is InChI=1S/C23H24BrNO3/c1-16-4-6-17(7-5-16)15-28-23-20(21(24)12-13-22(23)27-3)14-25-18-8-10-19(26-2)11-9-18/h4-13,25H,14-15H2,1-3H3. The molecule has 0 atom stereocenters. The molecule has 0 spiro atoms. The van der Waals surface area contributed by atoms with Gasteiger partial charge in [0, 0.05) is 22.3 Å². The number of nitrogens with one attached hydrogen (secondary N) is 1. The summed E-state index contributed by atoms with van der Waals surface area (Å²) in [5.74, 6) is 2.27. The van der Waals surface area contributed by atoms with Gasteiger partial charge in [-0.15, -0.1) is 0 Å². The van der Waals surface area contributed by atoms with Crippen LogP contribution in [0.25, 0.3) is 0 Å². The predicted octanol–water partition coefficient (Wildman–Crippen LogP) is 5.97. The Kier molecular flexibility index (Phi) is 6.82. The van der Waals surface area contributed by atoms with E-state index in [1.54, 1.807) is 14.2 Å². The van der Waals surface area contributed by atoms with Gasteiger partial charge in [-0.3, -0.25) is 0 Å². The summed E-state index contributed by atoms with van der Waals surface area (Å²) in [5, 5.41) is 3.43. The number of rotatable bonds is 8. The molecular formula is C23H24BrNO3. The molecule has 5 heteroatoms. The highest BCUT2D eigenvalue weighted by atomic mass is 79.9. The summed E-state index contributed by atoms with van der Waals surface area (Å²) in [7, 11) is 3.32. The van der Waals surface area contributed by atoms with E-state index in [0.717, 1.165) is 32.8 Å². The van der Waals surface area contributed by atoms with Crippen LogP contribution in [0.15, 0.2) is 65.1 Å². The molecule has 0 saturated carbocycles. The molecule has 0 saturated heterocycles. The summed E-state index contributed by atoms with van der Waals surface area (Å²) < 4.78 is 17.9. The molecule has 0 aliphatic heterocycles. The average Bonchev–Trinajstić information content (AvgIpc) is 2.73. The maximum Gasteiger partial charge on any atom is 0.167 e. The fourth-order valence-corrected chi connectivity index (χ4v) is 3.26. The highest BCUT2D eigenvalue weighted by Gasteiger charge is 2.15. The van der Waals surface area contributed by atoms with Crippen LogP contribution in [0.3, 0.4) is 0 Å². The normalized spacial score (nSPS) is 10.4. The summed E-state index contributed by atoms with van der Waals surface area (Å²) >= 11 is 3.65. The summed E-state index contributed by atoms with van der Waals surface area (Å²) in [4.78, 5) is 0. The number of ether oxygens (including phenoxy) is 3. The predicted molar refractivity (Wildman–Crippen MR) is 117 cm³/mol. The maximum absolute atomic E-state index is 6.18. The largest absolute Gasteiger partial charge is 0.497 e. The van der Waals surface area contributed by atoms with Crippen LogP contribution in [0.1, 0.15) is 16.7 Å². The summed E-state index contributed by atoms with van der Waals surface area (Å²) in [6, 6.07) is 20.0. The molecule has 0 heterocycles. The average molecular weight is 442 g/mol. The molecule has 0 unspecified atom stereocenters. The topological polar surface area (TPSA) is 39.7 Å². The van der Waals surface area contributed by atoms with Crippen molar-refractivity contribution in [3.8, 4) is 17.2 Å². The summed E-state index contributed by atoms with van der Waals surface area (Å²) in [6.07, 6.45) is 0. The van der Waals surface area contributed by atoms with E-state index in [2.05, 4.69) is 52.4 Å². The van der Waals surface area contributed by atoms with Gasteiger partial charge < -0.3 is 19.5 Å². The number of methoxy groups -OCH3 is 2. The Bertz CT molecular complexity index is 908. The van der Waals surface area contributed by atoms with Crippen molar-refractivity contribution in [1.82, 2.24) is 0 Å². The molecule has 3 aromatic carbocycles. The zero-order valence-corrected chi connectivity index (χ0v) is 17.9. The van der Waals surface area contributed by atoms with Crippen LogP contribution < -0.4 is 19.5 Å². The lowest BCUT2D eigenvalue weighted by molar-refractivity contribution is 0.281. The number of benzene rings is 3. The van der Waals surface area contributed by atoms with Gasteiger partial charge in [-0.25, -0.2) is 0 Å². The van der Waals surface area contributed by atoms with Gasteiger partial charge in [-0.1, -0.05) is 45.8 Å². The maximum atomic E-state index is 6.18. The van der Waals surface area contributed by atoms with E-state index in [9.17, 15) is 0 Å². The molecule has 0 aromatic heterocycles. The van der Waals surface area contributed by atoms with Crippen LogP contribution in [0.4, 0.5) is 5.69 Å². The number of aryl methyl sites for hydroxylation is 1. The van der Waals surface area contributed by atoms with Crippen molar-refractivity contribution in [2.45, 2.75) is 20.1 Å². The molecule has 3 aromatic rings. The zero-order chi connectivity index (χ0) is 19.9. The first-order valence-corrected chi connectivity index (χ1v) is 9.81. The lowest BCUT2D eigenvalue weighted by atomic mass is 10.1. The second-order valence-corrected chi connectivity index (χ2v) is 7.27. The Balaban J connectivity index is 1.79. The summed E-state index contributed by atoms with van der Waals surface area (Å²) in [6.45, 7) is 3.14. The third-order valence-corrected chi connectivity index (χ3v) is 5.19. The Morgan fingerprint density at radius 2 is 1.57 bits per heavy atom. The van der Waals surface area contributed by atoms with E-state index in [1.807, 2.05) is 36.4 Å². The van der Waals surface area contributed by atoms with Gasteiger partial charge in [-0.2, -0.15) is 0 Å².